The highest BCUT2D eigenvalue weighted by Gasteiger charge is 2.36. The predicted octanol–water partition coefficient (Wildman–Crippen LogP) is 6.55. The smallest absolute Gasteiger partial charge is 0.276 e. The van der Waals surface area contributed by atoms with Crippen molar-refractivity contribution in [3.05, 3.63) is 99.7 Å². The molecule has 1 amide bonds. The summed E-state index contributed by atoms with van der Waals surface area (Å²) in [5.41, 5.74) is 3.35. The highest BCUT2D eigenvalue weighted by atomic mass is 35.5. The maximum atomic E-state index is 13.6. The average Bonchev–Trinajstić information content (AvgIpc) is 3.33. The van der Waals surface area contributed by atoms with Gasteiger partial charge in [0.05, 0.1) is 36.6 Å². The van der Waals surface area contributed by atoms with Gasteiger partial charge in [0, 0.05) is 17.4 Å². The number of fused-ring (bicyclic) bond motifs is 1. The minimum Gasteiger partial charge on any atom is -0.497 e. The van der Waals surface area contributed by atoms with E-state index in [-0.39, 0.29) is 11.1 Å². The molecule has 1 aliphatic rings. The molecule has 3 aromatic carbocycles. The standard InChI is InChI=1S/C27H21Cl2N3O3/c1-34-18-12-10-16(11-13-18)22-15-23(32(31-22)27(33)19-7-3-4-8-21(19)28)20-14-17-6-5-9-24(35-2)25(17)30-26(20)29/h3-14,23H,15H2,1-2H3. The van der Waals surface area contributed by atoms with E-state index in [1.807, 2.05) is 48.5 Å². The summed E-state index contributed by atoms with van der Waals surface area (Å²) >= 11 is 13.1. The van der Waals surface area contributed by atoms with E-state index < -0.39 is 6.04 Å². The van der Waals surface area contributed by atoms with Gasteiger partial charge in [-0.1, -0.05) is 47.5 Å². The number of pyridine rings is 1. The Kier molecular flexibility index (Phi) is 6.32. The van der Waals surface area contributed by atoms with E-state index in [1.54, 1.807) is 38.5 Å². The fourth-order valence-electron chi connectivity index (χ4n) is 4.22. The maximum absolute atomic E-state index is 13.6. The van der Waals surface area contributed by atoms with E-state index in [0.717, 1.165) is 22.4 Å². The van der Waals surface area contributed by atoms with E-state index in [2.05, 4.69) is 4.98 Å². The molecule has 0 saturated heterocycles. The lowest BCUT2D eigenvalue weighted by molar-refractivity contribution is 0.0711. The molecule has 0 N–H and O–H groups in total. The van der Waals surface area contributed by atoms with Gasteiger partial charge < -0.3 is 9.47 Å². The first-order valence-corrected chi connectivity index (χ1v) is 11.7. The molecule has 1 aromatic heterocycles. The second-order valence-corrected chi connectivity index (χ2v) is 8.79. The second kappa shape index (κ2) is 9.56. The van der Waals surface area contributed by atoms with Crippen LogP contribution in [0.5, 0.6) is 11.5 Å². The lowest BCUT2D eigenvalue weighted by Crippen LogP contribution is -2.27. The van der Waals surface area contributed by atoms with Gasteiger partial charge >= 0.3 is 0 Å². The fraction of sp³-hybridized carbons (Fsp3) is 0.148. The molecule has 0 saturated carbocycles. The third kappa shape index (κ3) is 4.31. The Balaban J connectivity index is 1.61. The monoisotopic (exact) mass is 505 g/mol. The van der Waals surface area contributed by atoms with Gasteiger partial charge in [-0.25, -0.2) is 9.99 Å². The van der Waals surface area contributed by atoms with Gasteiger partial charge in [-0.2, -0.15) is 5.10 Å². The number of aromatic nitrogens is 1. The van der Waals surface area contributed by atoms with Gasteiger partial charge in [0.1, 0.15) is 22.2 Å². The van der Waals surface area contributed by atoms with Crippen LogP contribution in [0.3, 0.4) is 0 Å². The molecule has 8 heteroatoms. The lowest BCUT2D eigenvalue weighted by atomic mass is 9.98. The number of nitrogens with zero attached hydrogens (tertiary/aromatic N) is 3. The predicted molar refractivity (Wildman–Crippen MR) is 138 cm³/mol. The molecule has 4 aromatic rings. The van der Waals surface area contributed by atoms with E-state index in [9.17, 15) is 4.79 Å². The normalized spacial score (nSPS) is 15.3. The number of para-hydroxylation sites is 1. The van der Waals surface area contributed by atoms with E-state index in [4.69, 9.17) is 37.8 Å². The van der Waals surface area contributed by atoms with Crippen molar-refractivity contribution in [2.24, 2.45) is 5.10 Å². The van der Waals surface area contributed by atoms with Crippen molar-refractivity contribution in [2.45, 2.75) is 12.5 Å². The first kappa shape index (κ1) is 23.1. The van der Waals surface area contributed by atoms with Crippen LogP contribution in [0.15, 0.2) is 77.9 Å². The molecule has 1 unspecified atom stereocenters. The summed E-state index contributed by atoms with van der Waals surface area (Å²) in [5, 5.41) is 7.69. The van der Waals surface area contributed by atoms with Crippen LogP contribution in [0.4, 0.5) is 0 Å². The summed E-state index contributed by atoms with van der Waals surface area (Å²) in [6, 6.07) is 21.6. The number of hydrogen-bond donors (Lipinski definition) is 0. The number of carbonyl (C=O) groups is 1. The Hall–Kier alpha value is -3.61. The Bertz CT molecular complexity index is 1450. The molecule has 176 valence electrons. The van der Waals surface area contributed by atoms with Gasteiger partial charge in [0.2, 0.25) is 0 Å². The van der Waals surface area contributed by atoms with Crippen LogP contribution in [0.25, 0.3) is 10.9 Å². The van der Waals surface area contributed by atoms with Crippen molar-refractivity contribution in [1.82, 2.24) is 9.99 Å². The summed E-state index contributed by atoms with van der Waals surface area (Å²) in [5.74, 6) is 1.05. The van der Waals surface area contributed by atoms with Crippen LogP contribution in [-0.2, 0) is 0 Å². The summed E-state index contributed by atoms with van der Waals surface area (Å²) in [4.78, 5) is 18.2. The number of ether oxygens (including phenoxy) is 2. The summed E-state index contributed by atoms with van der Waals surface area (Å²) in [6.07, 6.45) is 0.458. The Labute approximate surface area is 212 Å². The molecule has 0 fully saturated rings. The number of rotatable bonds is 5. The van der Waals surface area contributed by atoms with Gasteiger partial charge in [-0.05, 0) is 54.1 Å². The maximum Gasteiger partial charge on any atom is 0.276 e. The van der Waals surface area contributed by atoms with Crippen molar-refractivity contribution in [1.29, 1.82) is 0 Å². The van der Waals surface area contributed by atoms with Crippen molar-refractivity contribution in [3.8, 4) is 11.5 Å². The summed E-state index contributed by atoms with van der Waals surface area (Å²) in [6.45, 7) is 0. The number of hydrazone groups is 1. The minimum absolute atomic E-state index is 0.287. The summed E-state index contributed by atoms with van der Waals surface area (Å²) in [7, 11) is 3.21. The minimum atomic E-state index is -0.466. The van der Waals surface area contributed by atoms with E-state index in [0.29, 0.717) is 33.8 Å². The van der Waals surface area contributed by atoms with Crippen LogP contribution < -0.4 is 9.47 Å². The number of halogens is 2. The quantitative estimate of drug-likeness (QED) is 0.288. The first-order chi connectivity index (χ1) is 17.0. The first-order valence-electron chi connectivity index (χ1n) is 10.9. The molecule has 0 spiro atoms. The van der Waals surface area contributed by atoms with Crippen molar-refractivity contribution in [2.75, 3.05) is 14.2 Å². The zero-order valence-electron chi connectivity index (χ0n) is 19.0. The zero-order chi connectivity index (χ0) is 24.5. The lowest BCUT2D eigenvalue weighted by Gasteiger charge is -2.23. The van der Waals surface area contributed by atoms with Crippen LogP contribution in [0, 0.1) is 0 Å². The van der Waals surface area contributed by atoms with Gasteiger partial charge in [0.25, 0.3) is 5.91 Å². The molecule has 0 bridgehead atoms. The van der Waals surface area contributed by atoms with Crippen LogP contribution in [-0.4, -0.2) is 35.8 Å². The van der Waals surface area contributed by atoms with Crippen molar-refractivity contribution >= 4 is 45.7 Å². The zero-order valence-corrected chi connectivity index (χ0v) is 20.5. The van der Waals surface area contributed by atoms with Crippen LogP contribution >= 0.6 is 23.2 Å². The summed E-state index contributed by atoms with van der Waals surface area (Å²) < 4.78 is 10.7. The molecular formula is C27H21Cl2N3O3. The highest BCUT2D eigenvalue weighted by Crippen LogP contribution is 2.39. The number of methoxy groups -OCH3 is 2. The molecule has 6 nitrogen and oxygen atoms in total. The Morgan fingerprint density at radius 3 is 2.46 bits per heavy atom. The fourth-order valence-corrected chi connectivity index (χ4v) is 4.70. The Morgan fingerprint density at radius 1 is 0.971 bits per heavy atom. The molecular weight excluding hydrogens is 485 g/mol. The van der Waals surface area contributed by atoms with Crippen molar-refractivity contribution in [3.63, 3.8) is 0 Å². The molecule has 0 aliphatic carbocycles. The van der Waals surface area contributed by atoms with Crippen molar-refractivity contribution < 1.29 is 14.3 Å². The number of benzene rings is 3. The molecule has 2 heterocycles. The van der Waals surface area contributed by atoms with Crippen LogP contribution in [0.2, 0.25) is 10.2 Å². The van der Waals surface area contributed by atoms with Gasteiger partial charge in [-0.15, -0.1) is 0 Å². The van der Waals surface area contributed by atoms with E-state index >= 15 is 0 Å². The molecule has 5 rings (SSSR count). The molecule has 35 heavy (non-hydrogen) atoms. The Morgan fingerprint density at radius 2 is 1.74 bits per heavy atom. The van der Waals surface area contributed by atoms with Gasteiger partial charge in [-0.3, -0.25) is 4.79 Å². The number of hydrogen-bond acceptors (Lipinski definition) is 5. The van der Waals surface area contributed by atoms with Gasteiger partial charge in [0.15, 0.2) is 0 Å². The average molecular weight is 506 g/mol. The van der Waals surface area contributed by atoms with E-state index in [1.165, 1.54) is 5.01 Å². The highest BCUT2D eigenvalue weighted by molar-refractivity contribution is 6.34. The third-order valence-electron chi connectivity index (χ3n) is 6.01. The number of amides is 1. The third-order valence-corrected chi connectivity index (χ3v) is 6.65. The SMILES string of the molecule is COc1ccc(C2=NN(C(=O)c3ccccc3Cl)C(c3cc4cccc(OC)c4nc3Cl)C2)cc1. The molecule has 1 aliphatic heterocycles. The number of carbonyl (C=O) groups excluding carboxylic acids is 1. The van der Waals surface area contributed by atoms with Crippen LogP contribution in [0.1, 0.15) is 33.9 Å². The molecule has 0 radical (unpaired) electrons. The second-order valence-electron chi connectivity index (χ2n) is 8.03. The molecule has 1 atom stereocenters. The largest absolute Gasteiger partial charge is 0.497 e. The topological polar surface area (TPSA) is 64.0 Å².